The predicted octanol–water partition coefficient (Wildman–Crippen LogP) is 2.55. The van der Waals surface area contributed by atoms with Crippen LogP contribution in [-0.2, 0) is 4.79 Å². The van der Waals surface area contributed by atoms with Crippen molar-refractivity contribution in [2.75, 3.05) is 13.2 Å². The van der Waals surface area contributed by atoms with Crippen molar-refractivity contribution in [2.45, 2.75) is 12.8 Å². The molecule has 6 heteroatoms. The lowest BCUT2D eigenvalue weighted by Crippen LogP contribution is -2.18. The summed E-state index contributed by atoms with van der Waals surface area (Å²) in [6, 6.07) is 1.38. The second kappa shape index (κ2) is 4.52. The quantitative estimate of drug-likeness (QED) is 0.912. The van der Waals surface area contributed by atoms with Crippen LogP contribution in [0.4, 0.5) is 4.39 Å². The van der Waals surface area contributed by atoms with E-state index in [1.807, 2.05) is 0 Å². The molecule has 1 aliphatic heterocycles. The molecule has 92 valence electrons. The lowest BCUT2D eigenvalue weighted by molar-refractivity contribution is -0.138. The Morgan fingerprint density at radius 1 is 1.53 bits per heavy atom. The second-order valence-electron chi connectivity index (χ2n) is 3.68. The number of halogens is 2. The van der Waals surface area contributed by atoms with Crippen molar-refractivity contribution in [2.24, 2.45) is 0 Å². The topological polar surface area (TPSA) is 55.8 Å². The summed E-state index contributed by atoms with van der Waals surface area (Å²) in [5.74, 6) is -2.00. The maximum Gasteiger partial charge on any atom is 0.310 e. The third-order valence-corrected chi connectivity index (χ3v) is 3.29. The molecule has 0 bridgehead atoms. The fourth-order valence-electron chi connectivity index (χ4n) is 1.59. The Bertz CT molecular complexity index is 475. The highest BCUT2D eigenvalue weighted by molar-refractivity contribution is 9.10. The minimum Gasteiger partial charge on any atom is -0.486 e. The van der Waals surface area contributed by atoms with E-state index < -0.39 is 17.7 Å². The van der Waals surface area contributed by atoms with Gasteiger partial charge in [0.25, 0.3) is 0 Å². The number of benzene rings is 1. The zero-order chi connectivity index (χ0) is 12.6. The average molecular weight is 305 g/mol. The van der Waals surface area contributed by atoms with Crippen LogP contribution in [0.25, 0.3) is 0 Å². The van der Waals surface area contributed by atoms with Crippen LogP contribution in [0, 0.1) is 5.82 Å². The molecule has 1 aromatic rings. The van der Waals surface area contributed by atoms with Crippen molar-refractivity contribution in [3.8, 4) is 11.5 Å². The van der Waals surface area contributed by atoms with Gasteiger partial charge >= 0.3 is 5.97 Å². The van der Waals surface area contributed by atoms with E-state index >= 15 is 0 Å². The van der Waals surface area contributed by atoms with Gasteiger partial charge in [0.05, 0.1) is 10.4 Å². The monoisotopic (exact) mass is 304 g/mol. The summed E-state index contributed by atoms with van der Waals surface area (Å²) in [5, 5.41) is 8.90. The Kier molecular flexibility index (Phi) is 3.24. The van der Waals surface area contributed by atoms with Gasteiger partial charge in [-0.05, 0) is 28.9 Å². The zero-order valence-electron chi connectivity index (χ0n) is 9.00. The number of carbonyl (C=O) groups is 1. The van der Waals surface area contributed by atoms with Gasteiger partial charge in [-0.1, -0.05) is 0 Å². The Morgan fingerprint density at radius 3 is 2.82 bits per heavy atom. The van der Waals surface area contributed by atoms with E-state index in [9.17, 15) is 9.18 Å². The van der Waals surface area contributed by atoms with Gasteiger partial charge in [0.1, 0.15) is 19.0 Å². The molecule has 1 unspecified atom stereocenters. The Balaban J connectivity index is 2.55. The summed E-state index contributed by atoms with van der Waals surface area (Å²) < 4.78 is 24.6. The lowest BCUT2D eigenvalue weighted by atomic mass is 10.00. The number of carboxylic acids is 1. The molecular formula is C11H10BrFO4. The molecular weight excluding hydrogens is 295 g/mol. The normalized spacial score (nSPS) is 15.5. The van der Waals surface area contributed by atoms with Crippen molar-refractivity contribution in [3.63, 3.8) is 0 Å². The van der Waals surface area contributed by atoms with Gasteiger partial charge in [-0.15, -0.1) is 0 Å². The summed E-state index contributed by atoms with van der Waals surface area (Å²) in [4.78, 5) is 10.9. The summed E-state index contributed by atoms with van der Waals surface area (Å²) in [7, 11) is 0. The predicted molar refractivity (Wildman–Crippen MR) is 61.1 cm³/mol. The SMILES string of the molecule is CC(C(=O)O)c1cc2c(c(Br)c1F)OCCO2. The first-order valence-corrected chi connectivity index (χ1v) is 5.82. The van der Waals surface area contributed by atoms with E-state index in [0.717, 1.165) is 0 Å². The van der Waals surface area contributed by atoms with Gasteiger partial charge < -0.3 is 14.6 Å². The van der Waals surface area contributed by atoms with Gasteiger partial charge in [-0.2, -0.15) is 0 Å². The number of fused-ring (bicyclic) bond motifs is 1. The molecule has 0 radical (unpaired) electrons. The third kappa shape index (κ3) is 2.09. The van der Waals surface area contributed by atoms with Crippen LogP contribution in [0.3, 0.4) is 0 Å². The van der Waals surface area contributed by atoms with Crippen LogP contribution in [0.2, 0.25) is 0 Å². The molecule has 0 amide bonds. The van der Waals surface area contributed by atoms with Crippen LogP contribution in [0.1, 0.15) is 18.4 Å². The fourth-order valence-corrected chi connectivity index (χ4v) is 2.13. The van der Waals surface area contributed by atoms with E-state index in [4.69, 9.17) is 14.6 Å². The molecule has 1 heterocycles. The third-order valence-electron chi connectivity index (χ3n) is 2.58. The fraction of sp³-hybridized carbons (Fsp3) is 0.364. The molecule has 1 atom stereocenters. The minimum absolute atomic E-state index is 0.0774. The molecule has 0 saturated heterocycles. The molecule has 0 spiro atoms. The van der Waals surface area contributed by atoms with Crippen LogP contribution >= 0.6 is 15.9 Å². The molecule has 1 aliphatic rings. The maximum absolute atomic E-state index is 14.0. The average Bonchev–Trinajstić information content (AvgIpc) is 2.33. The first-order chi connectivity index (χ1) is 8.02. The van der Waals surface area contributed by atoms with E-state index in [1.165, 1.54) is 13.0 Å². The highest BCUT2D eigenvalue weighted by atomic mass is 79.9. The van der Waals surface area contributed by atoms with Crippen molar-refractivity contribution in [1.82, 2.24) is 0 Å². The van der Waals surface area contributed by atoms with Gasteiger partial charge in [-0.3, -0.25) is 4.79 Å². The largest absolute Gasteiger partial charge is 0.486 e. The maximum atomic E-state index is 14.0. The molecule has 2 rings (SSSR count). The molecule has 1 aromatic carbocycles. The van der Waals surface area contributed by atoms with Gasteiger partial charge in [0, 0.05) is 5.56 Å². The van der Waals surface area contributed by atoms with Crippen LogP contribution in [-0.4, -0.2) is 24.3 Å². The van der Waals surface area contributed by atoms with Crippen LogP contribution in [0.15, 0.2) is 10.5 Å². The van der Waals surface area contributed by atoms with Gasteiger partial charge in [-0.25, -0.2) is 4.39 Å². The van der Waals surface area contributed by atoms with Crippen molar-refractivity contribution in [3.05, 3.63) is 21.9 Å². The molecule has 4 nitrogen and oxygen atoms in total. The summed E-state index contributed by atoms with van der Waals surface area (Å²) in [6.45, 7) is 2.13. The van der Waals surface area contributed by atoms with Crippen LogP contribution in [0.5, 0.6) is 11.5 Å². The number of rotatable bonds is 2. The summed E-state index contributed by atoms with van der Waals surface area (Å²) in [6.07, 6.45) is 0. The number of carboxylic acid groups (broad SMARTS) is 1. The molecule has 17 heavy (non-hydrogen) atoms. The van der Waals surface area contributed by atoms with E-state index in [-0.39, 0.29) is 15.8 Å². The summed E-state index contributed by atoms with van der Waals surface area (Å²) >= 11 is 3.06. The highest BCUT2D eigenvalue weighted by Gasteiger charge is 2.26. The highest BCUT2D eigenvalue weighted by Crippen LogP contribution is 2.42. The molecule has 0 aliphatic carbocycles. The first-order valence-electron chi connectivity index (χ1n) is 5.02. The Labute approximate surface area is 105 Å². The van der Waals surface area contributed by atoms with E-state index in [0.29, 0.717) is 19.0 Å². The number of hydrogen-bond donors (Lipinski definition) is 1. The van der Waals surface area contributed by atoms with E-state index in [2.05, 4.69) is 15.9 Å². The number of aliphatic carboxylic acids is 1. The molecule has 0 aromatic heterocycles. The zero-order valence-corrected chi connectivity index (χ0v) is 10.6. The second-order valence-corrected chi connectivity index (χ2v) is 4.47. The minimum atomic E-state index is -1.09. The smallest absolute Gasteiger partial charge is 0.310 e. The first kappa shape index (κ1) is 12.2. The van der Waals surface area contributed by atoms with Gasteiger partial charge in [0.2, 0.25) is 0 Å². The molecule has 1 N–H and O–H groups in total. The number of ether oxygens (including phenoxy) is 2. The molecule has 0 saturated carbocycles. The van der Waals surface area contributed by atoms with Crippen LogP contribution < -0.4 is 9.47 Å². The molecule has 0 fully saturated rings. The Hall–Kier alpha value is -1.30. The van der Waals surface area contributed by atoms with Crippen molar-refractivity contribution < 1.29 is 23.8 Å². The van der Waals surface area contributed by atoms with Gasteiger partial charge in [0.15, 0.2) is 11.5 Å². The summed E-state index contributed by atoms with van der Waals surface area (Å²) in [5.41, 5.74) is 0.0774. The van der Waals surface area contributed by atoms with Crippen molar-refractivity contribution >= 4 is 21.9 Å². The lowest BCUT2D eigenvalue weighted by Gasteiger charge is -2.22. The van der Waals surface area contributed by atoms with E-state index in [1.54, 1.807) is 0 Å². The van der Waals surface area contributed by atoms with Crippen molar-refractivity contribution in [1.29, 1.82) is 0 Å². The number of hydrogen-bond acceptors (Lipinski definition) is 3. The standard InChI is InChI=1S/C11H10BrFO4/c1-5(11(14)15)6-4-7-10(8(12)9(6)13)17-3-2-16-7/h4-5H,2-3H2,1H3,(H,14,15). The Morgan fingerprint density at radius 2 is 2.18 bits per heavy atom.